The first kappa shape index (κ1) is 9.89. The van der Waals surface area contributed by atoms with Gasteiger partial charge in [0.25, 0.3) is 0 Å². The maximum absolute atomic E-state index is 11.5. The molecule has 0 N–H and O–H groups in total. The van der Waals surface area contributed by atoms with E-state index in [-0.39, 0.29) is 5.56 Å². The molecule has 2 heterocycles. The molecular formula is C10H12N4OS. The molecule has 3 rings (SSSR count). The van der Waals surface area contributed by atoms with Crippen LogP contribution >= 0.6 is 11.5 Å². The fourth-order valence-corrected chi connectivity index (χ4v) is 3.04. The molecular weight excluding hydrogens is 224 g/mol. The first-order chi connectivity index (χ1) is 7.86. The van der Waals surface area contributed by atoms with Crippen LogP contribution in [0.3, 0.4) is 0 Å². The summed E-state index contributed by atoms with van der Waals surface area (Å²) in [4.78, 5) is 16.2. The number of hydrogen-bond donors (Lipinski definition) is 0. The lowest BCUT2D eigenvalue weighted by atomic mass is 9.95. The standard InChI is InChI=1S/C10H12N4OS/c15-9-8-10(16-13-12-8)14(6-11-9)7-4-2-1-3-5-7/h6-7H,1-5H2. The lowest BCUT2D eigenvalue weighted by Gasteiger charge is -2.24. The van der Waals surface area contributed by atoms with Crippen LogP contribution in [0, 0.1) is 0 Å². The second-order valence-electron chi connectivity index (χ2n) is 4.18. The number of fused-ring (bicyclic) bond motifs is 1. The molecule has 1 aliphatic rings. The molecule has 16 heavy (non-hydrogen) atoms. The first-order valence-electron chi connectivity index (χ1n) is 5.55. The fourth-order valence-electron chi connectivity index (χ4n) is 2.34. The van der Waals surface area contributed by atoms with Crippen LogP contribution in [0.25, 0.3) is 10.3 Å². The van der Waals surface area contributed by atoms with Crippen LogP contribution in [0.5, 0.6) is 0 Å². The minimum Gasteiger partial charge on any atom is -0.318 e. The Kier molecular flexibility index (Phi) is 2.43. The molecule has 6 heteroatoms. The van der Waals surface area contributed by atoms with Gasteiger partial charge in [0.1, 0.15) is 6.33 Å². The van der Waals surface area contributed by atoms with Crippen LogP contribution in [0.15, 0.2) is 11.1 Å². The van der Waals surface area contributed by atoms with Crippen LogP contribution in [-0.2, 0) is 0 Å². The average molecular weight is 236 g/mol. The van der Waals surface area contributed by atoms with E-state index in [0.717, 1.165) is 17.7 Å². The van der Waals surface area contributed by atoms with Gasteiger partial charge in [-0.25, -0.2) is 0 Å². The topological polar surface area (TPSA) is 60.7 Å². The minimum absolute atomic E-state index is 0.268. The molecule has 5 nitrogen and oxygen atoms in total. The normalized spacial score (nSPS) is 18.0. The van der Waals surface area contributed by atoms with Crippen molar-refractivity contribution in [3.63, 3.8) is 0 Å². The second-order valence-corrected chi connectivity index (χ2v) is 4.91. The summed E-state index contributed by atoms with van der Waals surface area (Å²) in [5.41, 5.74) is 0.147. The first-order valence-corrected chi connectivity index (χ1v) is 6.33. The molecule has 0 atom stereocenters. The van der Waals surface area contributed by atoms with Crippen molar-refractivity contribution < 1.29 is 0 Å². The number of aromatic nitrogens is 4. The Morgan fingerprint density at radius 2 is 2.12 bits per heavy atom. The van der Waals surface area contributed by atoms with Crippen LogP contribution in [0.2, 0.25) is 0 Å². The van der Waals surface area contributed by atoms with Crippen molar-refractivity contribution in [3.05, 3.63) is 16.7 Å². The van der Waals surface area contributed by atoms with Gasteiger partial charge >= 0.3 is 5.56 Å². The highest BCUT2D eigenvalue weighted by Gasteiger charge is 2.18. The van der Waals surface area contributed by atoms with Crippen molar-refractivity contribution in [2.45, 2.75) is 38.1 Å². The van der Waals surface area contributed by atoms with E-state index in [1.54, 1.807) is 6.33 Å². The van der Waals surface area contributed by atoms with Crippen molar-refractivity contribution in [1.29, 1.82) is 0 Å². The molecule has 0 amide bonds. The molecule has 0 radical (unpaired) electrons. The predicted octanol–water partition coefficient (Wildman–Crippen LogP) is 1.75. The third-order valence-corrected chi connectivity index (χ3v) is 3.92. The van der Waals surface area contributed by atoms with Crippen molar-refractivity contribution in [2.75, 3.05) is 0 Å². The molecule has 0 aliphatic heterocycles. The van der Waals surface area contributed by atoms with Gasteiger partial charge in [0.2, 0.25) is 0 Å². The van der Waals surface area contributed by atoms with E-state index in [4.69, 9.17) is 0 Å². The van der Waals surface area contributed by atoms with Crippen molar-refractivity contribution in [2.24, 2.45) is 0 Å². The fraction of sp³-hybridized carbons (Fsp3) is 0.600. The summed E-state index contributed by atoms with van der Waals surface area (Å²) in [6, 6.07) is 0.464. The van der Waals surface area contributed by atoms with E-state index in [1.807, 2.05) is 0 Å². The van der Waals surface area contributed by atoms with E-state index in [9.17, 15) is 4.79 Å². The highest BCUT2D eigenvalue weighted by atomic mass is 32.1. The Morgan fingerprint density at radius 3 is 2.94 bits per heavy atom. The summed E-state index contributed by atoms with van der Waals surface area (Å²) in [5.74, 6) is 0. The molecule has 0 bridgehead atoms. The Morgan fingerprint density at radius 1 is 1.31 bits per heavy atom. The number of hydrogen-bond acceptors (Lipinski definition) is 5. The predicted molar refractivity (Wildman–Crippen MR) is 61.6 cm³/mol. The molecule has 0 aromatic carbocycles. The van der Waals surface area contributed by atoms with Crippen molar-refractivity contribution >= 4 is 21.9 Å². The monoisotopic (exact) mass is 236 g/mol. The largest absolute Gasteiger partial charge is 0.318 e. The quantitative estimate of drug-likeness (QED) is 0.757. The van der Waals surface area contributed by atoms with E-state index < -0.39 is 0 Å². The Hall–Kier alpha value is -1.30. The van der Waals surface area contributed by atoms with Gasteiger partial charge < -0.3 is 4.57 Å². The summed E-state index contributed by atoms with van der Waals surface area (Å²) < 4.78 is 5.93. The van der Waals surface area contributed by atoms with E-state index in [1.165, 1.54) is 30.8 Å². The summed E-state index contributed by atoms with van der Waals surface area (Å²) >= 11 is 1.28. The Bertz CT molecular complexity index is 555. The molecule has 2 aromatic heterocycles. The molecule has 1 aliphatic carbocycles. The maximum Gasteiger partial charge on any atom is 0.302 e. The average Bonchev–Trinajstić information content (AvgIpc) is 2.81. The van der Waals surface area contributed by atoms with Gasteiger partial charge in [-0.2, -0.15) is 4.98 Å². The SMILES string of the molecule is O=c1ncn(C2CCCCC2)c2snnc12. The molecule has 0 unspecified atom stereocenters. The molecule has 0 spiro atoms. The lowest BCUT2D eigenvalue weighted by Crippen LogP contribution is -2.17. The highest BCUT2D eigenvalue weighted by molar-refractivity contribution is 7.12. The molecule has 2 aromatic rings. The van der Waals surface area contributed by atoms with Crippen LogP contribution in [-0.4, -0.2) is 19.1 Å². The summed E-state index contributed by atoms with van der Waals surface area (Å²) in [6.45, 7) is 0. The number of nitrogens with zero attached hydrogens (tertiary/aromatic N) is 4. The van der Waals surface area contributed by atoms with Gasteiger partial charge in [-0.15, -0.1) is 5.10 Å². The van der Waals surface area contributed by atoms with Gasteiger partial charge in [0, 0.05) is 17.6 Å². The maximum atomic E-state index is 11.5. The van der Waals surface area contributed by atoms with E-state index in [0.29, 0.717) is 11.6 Å². The smallest absolute Gasteiger partial charge is 0.302 e. The molecule has 0 saturated heterocycles. The zero-order chi connectivity index (χ0) is 11.0. The summed E-state index contributed by atoms with van der Waals surface area (Å²) in [6.07, 6.45) is 7.80. The highest BCUT2D eigenvalue weighted by Crippen LogP contribution is 2.30. The molecule has 1 fully saturated rings. The van der Waals surface area contributed by atoms with Crippen molar-refractivity contribution in [1.82, 2.24) is 19.1 Å². The Labute approximate surface area is 96.3 Å². The van der Waals surface area contributed by atoms with Gasteiger partial charge in [0.15, 0.2) is 10.3 Å². The number of rotatable bonds is 1. The summed E-state index contributed by atoms with van der Waals surface area (Å²) in [5, 5.41) is 3.85. The second kappa shape index (κ2) is 3.93. The van der Waals surface area contributed by atoms with Gasteiger partial charge in [0.05, 0.1) is 0 Å². The van der Waals surface area contributed by atoms with Gasteiger partial charge in [-0.3, -0.25) is 4.79 Å². The van der Waals surface area contributed by atoms with Crippen molar-refractivity contribution in [3.8, 4) is 0 Å². The molecule has 84 valence electrons. The van der Waals surface area contributed by atoms with Crippen LogP contribution < -0.4 is 5.56 Å². The third kappa shape index (κ3) is 1.53. The molecule has 1 saturated carbocycles. The van der Waals surface area contributed by atoms with E-state index >= 15 is 0 Å². The Balaban J connectivity index is 2.12. The lowest BCUT2D eigenvalue weighted by molar-refractivity contribution is 0.358. The summed E-state index contributed by atoms with van der Waals surface area (Å²) in [7, 11) is 0. The van der Waals surface area contributed by atoms with Gasteiger partial charge in [-0.05, 0) is 12.8 Å². The van der Waals surface area contributed by atoms with Crippen LogP contribution in [0.4, 0.5) is 0 Å². The van der Waals surface area contributed by atoms with Gasteiger partial charge in [-0.1, -0.05) is 23.8 Å². The zero-order valence-electron chi connectivity index (χ0n) is 8.80. The third-order valence-electron chi connectivity index (χ3n) is 3.18. The minimum atomic E-state index is -0.268. The zero-order valence-corrected chi connectivity index (χ0v) is 9.61. The van der Waals surface area contributed by atoms with Crippen LogP contribution in [0.1, 0.15) is 38.1 Å². The van der Waals surface area contributed by atoms with E-state index in [2.05, 4.69) is 19.1 Å².